The van der Waals surface area contributed by atoms with Crippen LogP contribution in [0.25, 0.3) is 0 Å². The molecule has 1 N–H and O–H groups in total. The first-order valence-corrected chi connectivity index (χ1v) is 8.99. The lowest BCUT2D eigenvalue weighted by atomic mass is 10.1. The monoisotopic (exact) mass is 339 g/mol. The molecule has 0 radical (unpaired) electrons. The molecule has 130 valence electrons. The maximum absolute atomic E-state index is 12.3. The Balaban J connectivity index is 1.36. The average molecular weight is 339 g/mol. The molecule has 0 saturated heterocycles. The molecule has 3 aliphatic rings. The van der Waals surface area contributed by atoms with Crippen molar-refractivity contribution in [2.75, 3.05) is 19.8 Å². The van der Waals surface area contributed by atoms with Gasteiger partial charge in [0, 0.05) is 31.1 Å². The van der Waals surface area contributed by atoms with Gasteiger partial charge in [-0.25, -0.2) is 4.98 Å². The van der Waals surface area contributed by atoms with Crippen molar-refractivity contribution in [1.29, 1.82) is 0 Å². The molecule has 1 aromatic heterocycles. The van der Waals surface area contributed by atoms with Crippen LogP contribution in [-0.4, -0.2) is 34.6 Å². The quantitative estimate of drug-likeness (QED) is 0.926. The first kappa shape index (κ1) is 15.0. The summed E-state index contributed by atoms with van der Waals surface area (Å²) in [5.41, 5.74) is 3.07. The van der Waals surface area contributed by atoms with Gasteiger partial charge in [0.05, 0.1) is 5.69 Å². The van der Waals surface area contributed by atoms with Crippen molar-refractivity contribution in [1.82, 2.24) is 14.9 Å². The molecule has 6 nitrogen and oxygen atoms in total. The predicted molar refractivity (Wildman–Crippen MR) is 92.1 cm³/mol. The zero-order valence-electron chi connectivity index (χ0n) is 14.1. The number of hydrogen-bond acceptors (Lipinski definition) is 5. The van der Waals surface area contributed by atoms with Crippen LogP contribution in [0.2, 0.25) is 0 Å². The summed E-state index contributed by atoms with van der Waals surface area (Å²) in [5, 5.41) is 0. The van der Waals surface area contributed by atoms with E-state index in [9.17, 15) is 4.79 Å². The molecule has 1 aliphatic carbocycles. The molecule has 25 heavy (non-hydrogen) atoms. The number of nitrogens with zero attached hydrogens (tertiary/aromatic N) is 2. The Bertz CT molecular complexity index is 873. The van der Waals surface area contributed by atoms with Crippen LogP contribution >= 0.6 is 0 Å². The predicted octanol–water partition coefficient (Wildman–Crippen LogP) is 1.98. The third-order valence-corrected chi connectivity index (χ3v) is 5.15. The summed E-state index contributed by atoms with van der Waals surface area (Å²) in [7, 11) is 0. The minimum absolute atomic E-state index is 0.0610. The van der Waals surface area contributed by atoms with E-state index in [0.29, 0.717) is 19.1 Å². The lowest BCUT2D eigenvalue weighted by molar-refractivity contribution is 0.171. The highest BCUT2D eigenvalue weighted by Crippen LogP contribution is 2.38. The topological polar surface area (TPSA) is 67.5 Å². The lowest BCUT2D eigenvalue weighted by Crippen LogP contribution is -2.35. The second-order valence-electron chi connectivity index (χ2n) is 7.09. The zero-order chi connectivity index (χ0) is 16.8. The van der Waals surface area contributed by atoms with Crippen molar-refractivity contribution < 1.29 is 9.47 Å². The van der Waals surface area contributed by atoms with Crippen LogP contribution in [0.1, 0.15) is 41.4 Å². The number of benzene rings is 1. The summed E-state index contributed by atoms with van der Waals surface area (Å²) in [6, 6.07) is 6.13. The molecule has 5 rings (SSSR count). The van der Waals surface area contributed by atoms with Crippen LogP contribution in [0.4, 0.5) is 0 Å². The lowest BCUT2D eigenvalue weighted by Gasteiger charge is -2.28. The summed E-state index contributed by atoms with van der Waals surface area (Å²) < 4.78 is 11.3. The Morgan fingerprint density at radius 2 is 2.04 bits per heavy atom. The van der Waals surface area contributed by atoms with Crippen molar-refractivity contribution >= 4 is 0 Å². The molecule has 0 amide bonds. The van der Waals surface area contributed by atoms with Gasteiger partial charge in [0.25, 0.3) is 5.56 Å². The minimum Gasteiger partial charge on any atom is -0.486 e. The third kappa shape index (κ3) is 2.91. The summed E-state index contributed by atoms with van der Waals surface area (Å²) in [6.45, 7) is 3.63. The van der Waals surface area contributed by atoms with E-state index in [4.69, 9.17) is 14.5 Å². The van der Waals surface area contributed by atoms with Crippen molar-refractivity contribution in [2.24, 2.45) is 0 Å². The van der Waals surface area contributed by atoms with E-state index >= 15 is 0 Å². The van der Waals surface area contributed by atoms with Gasteiger partial charge in [0.2, 0.25) is 0 Å². The standard InChI is InChI=1S/C19H21N3O3/c23-19-14-5-6-22(11-15(14)20-18(21-19)13-2-3-13)10-12-1-4-16-17(9-12)25-8-7-24-16/h1,4,9,13H,2-3,5-8,10-11H2,(H,20,21,23). The van der Waals surface area contributed by atoms with Gasteiger partial charge in [-0.1, -0.05) is 6.07 Å². The van der Waals surface area contributed by atoms with Gasteiger partial charge in [-0.2, -0.15) is 0 Å². The second kappa shape index (κ2) is 5.88. The number of rotatable bonds is 3. The molecule has 0 atom stereocenters. The Hall–Kier alpha value is -2.34. The Labute approximate surface area is 145 Å². The molecule has 0 spiro atoms. The largest absolute Gasteiger partial charge is 0.486 e. The van der Waals surface area contributed by atoms with E-state index in [2.05, 4.69) is 22.0 Å². The van der Waals surface area contributed by atoms with E-state index in [1.54, 1.807) is 0 Å². The number of aromatic nitrogens is 2. The SMILES string of the molecule is O=c1[nH]c(C2CC2)nc2c1CCN(Cc1ccc3c(c1)OCCO3)C2. The van der Waals surface area contributed by atoms with Crippen molar-refractivity contribution in [3.05, 3.63) is 51.2 Å². The first-order chi connectivity index (χ1) is 12.3. The molecular formula is C19H21N3O3. The third-order valence-electron chi connectivity index (χ3n) is 5.15. The van der Waals surface area contributed by atoms with Gasteiger partial charge >= 0.3 is 0 Å². The Morgan fingerprint density at radius 3 is 2.88 bits per heavy atom. The molecule has 0 bridgehead atoms. The normalized spacial score (nSPS) is 19.5. The van der Waals surface area contributed by atoms with E-state index in [1.807, 2.05) is 6.07 Å². The molecule has 1 saturated carbocycles. The summed E-state index contributed by atoms with van der Waals surface area (Å²) in [5.74, 6) is 2.99. The molecule has 1 fully saturated rings. The molecule has 3 heterocycles. The highest BCUT2D eigenvalue weighted by molar-refractivity contribution is 5.43. The van der Waals surface area contributed by atoms with Crippen LogP contribution in [0.15, 0.2) is 23.0 Å². The van der Waals surface area contributed by atoms with Crippen LogP contribution in [0.3, 0.4) is 0 Å². The smallest absolute Gasteiger partial charge is 0.254 e. The molecule has 0 unspecified atom stereocenters. The number of hydrogen-bond donors (Lipinski definition) is 1. The van der Waals surface area contributed by atoms with Crippen LogP contribution in [-0.2, 0) is 19.5 Å². The fraction of sp³-hybridized carbons (Fsp3) is 0.474. The second-order valence-corrected chi connectivity index (χ2v) is 7.09. The average Bonchev–Trinajstić information content (AvgIpc) is 3.46. The maximum Gasteiger partial charge on any atom is 0.254 e. The number of aromatic amines is 1. The maximum atomic E-state index is 12.3. The van der Waals surface area contributed by atoms with E-state index in [1.165, 1.54) is 5.56 Å². The first-order valence-electron chi connectivity index (χ1n) is 8.99. The summed E-state index contributed by atoms with van der Waals surface area (Å²) in [4.78, 5) is 22.4. The van der Waals surface area contributed by atoms with Gasteiger partial charge < -0.3 is 14.5 Å². The number of fused-ring (bicyclic) bond motifs is 2. The molecule has 6 heteroatoms. The van der Waals surface area contributed by atoms with Gasteiger partial charge in [0.1, 0.15) is 19.0 Å². The van der Waals surface area contributed by atoms with Gasteiger partial charge in [-0.3, -0.25) is 9.69 Å². The van der Waals surface area contributed by atoms with Crippen molar-refractivity contribution in [2.45, 2.75) is 38.3 Å². The van der Waals surface area contributed by atoms with Crippen LogP contribution in [0.5, 0.6) is 11.5 Å². The van der Waals surface area contributed by atoms with E-state index in [-0.39, 0.29) is 5.56 Å². The van der Waals surface area contributed by atoms with E-state index in [0.717, 1.165) is 67.5 Å². The van der Waals surface area contributed by atoms with Gasteiger partial charge in [0.15, 0.2) is 11.5 Å². The fourth-order valence-electron chi connectivity index (χ4n) is 3.64. The Kier molecular flexibility index (Phi) is 3.52. The van der Waals surface area contributed by atoms with Gasteiger partial charge in [-0.15, -0.1) is 0 Å². The van der Waals surface area contributed by atoms with E-state index < -0.39 is 0 Å². The molecule has 2 aromatic rings. The molecular weight excluding hydrogens is 318 g/mol. The molecule has 2 aliphatic heterocycles. The molecule has 1 aromatic carbocycles. The van der Waals surface area contributed by atoms with Crippen molar-refractivity contribution in [3.8, 4) is 11.5 Å². The number of nitrogens with one attached hydrogen (secondary N) is 1. The zero-order valence-corrected chi connectivity index (χ0v) is 14.1. The Morgan fingerprint density at radius 1 is 1.20 bits per heavy atom. The minimum atomic E-state index is 0.0610. The summed E-state index contributed by atoms with van der Waals surface area (Å²) in [6.07, 6.45) is 3.04. The number of H-pyrrole nitrogens is 1. The van der Waals surface area contributed by atoms with Gasteiger partial charge in [-0.05, 0) is 37.0 Å². The van der Waals surface area contributed by atoms with Crippen molar-refractivity contribution in [3.63, 3.8) is 0 Å². The van der Waals surface area contributed by atoms with Crippen LogP contribution in [0, 0.1) is 0 Å². The number of ether oxygens (including phenoxy) is 2. The highest BCUT2D eigenvalue weighted by atomic mass is 16.6. The van der Waals surface area contributed by atoms with Crippen LogP contribution < -0.4 is 15.0 Å². The highest BCUT2D eigenvalue weighted by Gasteiger charge is 2.29. The summed E-state index contributed by atoms with van der Waals surface area (Å²) >= 11 is 0. The fourth-order valence-corrected chi connectivity index (χ4v) is 3.64.